The van der Waals surface area contributed by atoms with E-state index in [2.05, 4.69) is 26.1 Å². The first kappa shape index (κ1) is 9.36. The lowest BCUT2D eigenvalue weighted by Crippen LogP contribution is -2.11. The van der Waals surface area contributed by atoms with Gasteiger partial charge in [0.2, 0.25) is 0 Å². The van der Waals surface area contributed by atoms with Crippen molar-refractivity contribution >= 4 is 15.9 Å². The monoisotopic (exact) mass is 253 g/mol. The van der Waals surface area contributed by atoms with Crippen LogP contribution in [0.15, 0.2) is 39.7 Å². The van der Waals surface area contributed by atoms with E-state index >= 15 is 0 Å². The summed E-state index contributed by atoms with van der Waals surface area (Å²) < 4.78 is 6.12. The minimum Gasteiger partial charge on any atom is -0.466 e. The lowest BCUT2D eigenvalue weighted by atomic mass is 10.1. The molecule has 2 aromatic rings. The third-order valence-corrected chi connectivity index (χ3v) is 2.55. The quantitative estimate of drug-likeness (QED) is 0.888. The van der Waals surface area contributed by atoms with Gasteiger partial charge < -0.3 is 10.2 Å². The summed E-state index contributed by atoms with van der Waals surface area (Å²) >= 11 is 3.35. The van der Waals surface area contributed by atoms with Crippen molar-refractivity contribution in [2.75, 3.05) is 0 Å². The summed E-state index contributed by atoms with van der Waals surface area (Å²) in [4.78, 5) is 0. The summed E-state index contributed by atoms with van der Waals surface area (Å²) in [5.74, 6) is 0.693. The fraction of sp³-hybridized carbons (Fsp3) is 0.111. The van der Waals surface area contributed by atoms with E-state index < -0.39 is 0 Å². The molecule has 2 heterocycles. The first-order valence-corrected chi connectivity index (χ1v) is 4.83. The van der Waals surface area contributed by atoms with E-state index in [9.17, 15) is 0 Å². The Morgan fingerprint density at radius 2 is 2.21 bits per heavy atom. The highest BCUT2D eigenvalue weighted by atomic mass is 79.9. The number of furan rings is 1. The Labute approximate surface area is 89.3 Å². The molecule has 0 amide bonds. The van der Waals surface area contributed by atoms with Crippen LogP contribution >= 0.6 is 15.9 Å². The number of hydrogen-bond acceptors (Lipinski definition) is 4. The zero-order valence-corrected chi connectivity index (χ0v) is 8.81. The molecule has 0 fully saturated rings. The highest BCUT2D eigenvalue weighted by Crippen LogP contribution is 2.26. The van der Waals surface area contributed by atoms with Crippen LogP contribution in [0.3, 0.4) is 0 Å². The fourth-order valence-electron chi connectivity index (χ4n) is 1.16. The number of halogens is 1. The second-order valence-electron chi connectivity index (χ2n) is 2.79. The van der Waals surface area contributed by atoms with E-state index in [1.54, 1.807) is 18.7 Å². The molecule has 0 aromatic carbocycles. The van der Waals surface area contributed by atoms with Gasteiger partial charge in [0.15, 0.2) is 0 Å². The van der Waals surface area contributed by atoms with Crippen LogP contribution in [0.1, 0.15) is 17.4 Å². The van der Waals surface area contributed by atoms with Crippen LogP contribution in [-0.2, 0) is 0 Å². The van der Waals surface area contributed by atoms with Crippen LogP contribution in [-0.4, -0.2) is 10.2 Å². The average Bonchev–Trinajstić information content (AvgIpc) is 2.65. The predicted molar refractivity (Wildman–Crippen MR) is 54.5 cm³/mol. The van der Waals surface area contributed by atoms with Gasteiger partial charge in [-0.15, -0.1) is 0 Å². The lowest BCUT2D eigenvalue weighted by molar-refractivity contribution is 0.486. The smallest absolute Gasteiger partial charge is 0.139 e. The van der Waals surface area contributed by atoms with Crippen LogP contribution in [0, 0.1) is 0 Å². The molecule has 5 heteroatoms. The Morgan fingerprint density at radius 1 is 1.36 bits per heavy atom. The molecule has 0 aliphatic carbocycles. The van der Waals surface area contributed by atoms with Crippen molar-refractivity contribution in [3.05, 3.63) is 46.6 Å². The van der Waals surface area contributed by atoms with Crippen molar-refractivity contribution in [1.82, 2.24) is 10.2 Å². The van der Waals surface area contributed by atoms with E-state index in [1.165, 1.54) is 0 Å². The maximum atomic E-state index is 5.97. The summed E-state index contributed by atoms with van der Waals surface area (Å²) in [6.45, 7) is 0. The van der Waals surface area contributed by atoms with Gasteiger partial charge in [-0.25, -0.2) is 0 Å². The molecule has 0 saturated heterocycles. The molecule has 4 nitrogen and oxygen atoms in total. The summed E-state index contributed by atoms with van der Waals surface area (Å²) in [5, 5.41) is 7.44. The second-order valence-corrected chi connectivity index (χ2v) is 3.64. The Morgan fingerprint density at radius 3 is 2.79 bits per heavy atom. The number of rotatable bonds is 2. The van der Waals surface area contributed by atoms with Gasteiger partial charge in [0, 0.05) is 6.20 Å². The molecule has 2 N–H and O–H groups in total. The zero-order chi connectivity index (χ0) is 9.97. The van der Waals surface area contributed by atoms with E-state index in [0.717, 1.165) is 10.0 Å². The van der Waals surface area contributed by atoms with Crippen molar-refractivity contribution in [2.24, 2.45) is 5.73 Å². The summed E-state index contributed by atoms with van der Waals surface area (Å²) in [6, 6.07) is 3.31. The minimum atomic E-state index is -0.310. The predicted octanol–water partition coefficient (Wildman–Crippen LogP) is 1.88. The molecule has 2 rings (SSSR count). The molecule has 0 aliphatic heterocycles. The first-order chi connectivity index (χ1) is 6.79. The highest BCUT2D eigenvalue weighted by molar-refractivity contribution is 9.10. The average molecular weight is 254 g/mol. The molecule has 0 radical (unpaired) electrons. The van der Waals surface area contributed by atoms with E-state index in [0.29, 0.717) is 5.76 Å². The van der Waals surface area contributed by atoms with Crippen LogP contribution in [0.2, 0.25) is 0 Å². The van der Waals surface area contributed by atoms with Crippen molar-refractivity contribution in [2.45, 2.75) is 6.04 Å². The van der Waals surface area contributed by atoms with Gasteiger partial charge in [0.05, 0.1) is 23.0 Å². The Hall–Kier alpha value is -1.20. The molecule has 72 valence electrons. The standard InChI is InChI=1S/C9H8BrN3O/c10-7-2-4-14-9(7)8(11)6-1-3-12-13-5-6/h1-5,8H,11H2. The second kappa shape index (κ2) is 3.89. The SMILES string of the molecule is NC(c1ccnnc1)c1occc1Br. The van der Waals surface area contributed by atoms with Gasteiger partial charge >= 0.3 is 0 Å². The summed E-state index contributed by atoms with van der Waals surface area (Å²) in [5.41, 5.74) is 6.84. The third-order valence-electron chi connectivity index (χ3n) is 1.89. The van der Waals surface area contributed by atoms with Gasteiger partial charge in [-0.3, -0.25) is 0 Å². The van der Waals surface area contributed by atoms with Crippen LogP contribution in [0.25, 0.3) is 0 Å². The minimum absolute atomic E-state index is 0.310. The first-order valence-electron chi connectivity index (χ1n) is 4.04. The zero-order valence-electron chi connectivity index (χ0n) is 7.22. The van der Waals surface area contributed by atoms with Crippen molar-refractivity contribution in [3.8, 4) is 0 Å². The lowest BCUT2D eigenvalue weighted by Gasteiger charge is -2.08. The number of hydrogen-bond donors (Lipinski definition) is 1. The van der Waals surface area contributed by atoms with Gasteiger partial charge in [-0.05, 0) is 33.6 Å². The maximum absolute atomic E-state index is 5.97. The van der Waals surface area contributed by atoms with Crippen molar-refractivity contribution in [3.63, 3.8) is 0 Å². The molecular weight excluding hydrogens is 246 g/mol. The number of nitrogens with two attached hydrogens (primary N) is 1. The molecular formula is C9H8BrN3O. The number of aromatic nitrogens is 2. The van der Waals surface area contributed by atoms with Crippen molar-refractivity contribution in [1.29, 1.82) is 0 Å². The topological polar surface area (TPSA) is 64.9 Å². The third kappa shape index (κ3) is 1.69. The molecule has 1 atom stereocenters. The molecule has 0 aliphatic rings. The Kier molecular flexibility index (Phi) is 2.60. The van der Waals surface area contributed by atoms with Crippen molar-refractivity contribution < 1.29 is 4.42 Å². The van der Waals surface area contributed by atoms with Gasteiger partial charge in [0.1, 0.15) is 5.76 Å². The summed E-state index contributed by atoms with van der Waals surface area (Å²) in [6.07, 6.45) is 4.82. The summed E-state index contributed by atoms with van der Waals surface area (Å²) in [7, 11) is 0. The normalized spacial score (nSPS) is 12.7. The fourth-order valence-corrected chi connectivity index (χ4v) is 1.61. The van der Waals surface area contributed by atoms with E-state index in [1.807, 2.05) is 12.1 Å². The Balaban J connectivity index is 2.34. The van der Waals surface area contributed by atoms with E-state index in [4.69, 9.17) is 10.2 Å². The molecule has 1 unspecified atom stereocenters. The number of nitrogens with zero attached hydrogens (tertiary/aromatic N) is 2. The van der Waals surface area contributed by atoms with Gasteiger partial charge in [0.25, 0.3) is 0 Å². The molecule has 14 heavy (non-hydrogen) atoms. The highest BCUT2D eigenvalue weighted by Gasteiger charge is 2.15. The van der Waals surface area contributed by atoms with Crippen LogP contribution in [0.5, 0.6) is 0 Å². The largest absolute Gasteiger partial charge is 0.466 e. The Bertz CT molecular complexity index is 415. The van der Waals surface area contributed by atoms with Gasteiger partial charge in [-0.2, -0.15) is 10.2 Å². The maximum Gasteiger partial charge on any atom is 0.139 e. The van der Waals surface area contributed by atoms with Crippen LogP contribution < -0.4 is 5.73 Å². The molecule has 0 spiro atoms. The van der Waals surface area contributed by atoms with Gasteiger partial charge in [-0.1, -0.05) is 0 Å². The molecule has 2 aromatic heterocycles. The van der Waals surface area contributed by atoms with E-state index in [-0.39, 0.29) is 6.04 Å². The molecule has 0 bridgehead atoms. The van der Waals surface area contributed by atoms with Crippen LogP contribution in [0.4, 0.5) is 0 Å². The molecule has 0 saturated carbocycles.